The highest BCUT2D eigenvalue weighted by Crippen LogP contribution is 2.30. The Kier molecular flexibility index (Phi) is 4.45. The van der Waals surface area contributed by atoms with Crippen molar-refractivity contribution in [2.24, 2.45) is 17.6 Å². The Morgan fingerprint density at radius 2 is 2.11 bits per heavy atom. The van der Waals surface area contributed by atoms with Crippen molar-refractivity contribution in [1.82, 2.24) is 9.78 Å². The lowest BCUT2D eigenvalue weighted by Crippen LogP contribution is -2.30. The van der Waals surface area contributed by atoms with E-state index in [-0.39, 0.29) is 5.91 Å². The van der Waals surface area contributed by atoms with Crippen LogP contribution in [0.5, 0.6) is 0 Å². The number of hydrogen-bond donors (Lipinski definition) is 2. The number of aryl methyl sites for hydroxylation is 1. The highest BCUT2D eigenvalue weighted by Gasteiger charge is 2.24. The second-order valence-electron chi connectivity index (χ2n) is 5.94. The average molecular weight is 264 g/mol. The zero-order chi connectivity index (χ0) is 13.8. The second-order valence-corrected chi connectivity index (χ2v) is 5.94. The third kappa shape index (κ3) is 4.26. The van der Waals surface area contributed by atoms with E-state index in [2.05, 4.69) is 24.3 Å². The molecule has 0 aliphatic heterocycles. The van der Waals surface area contributed by atoms with Gasteiger partial charge in [-0.05, 0) is 31.1 Å². The number of anilines is 1. The number of aromatic nitrogens is 2. The van der Waals surface area contributed by atoms with Crippen molar-refractivity contribution in [3.8, 4) is 0 Å². The van der Waals surface area contributed by atoms with Crippen LogP contribution in [0.15, 0.2) is 12.3 Å². The van der Waals surface area contributed by atoms with E-state index in [1.165, 1.54) is 19.3 Å². The molecule has 1 aromatic rings. The van der Waals surface area contributed by atoms with Crippen LogP contribution in [0.3, 0.4) is 0 Å². The standard InChI is InChI=1S/C14H24N4O/c1-10-7-11(2)9-12(8-10)16-14-4-6-18(17-14)5-3-13(15)19/h4,6,10-12H,3,5,7-9H2,1-2H3,(H2,15,19)(H,16,17)/t10-,11-/m1/s1. The van der Waals surface area contributed by atoms with Crippen molar-refractivity contribution in [2.45, 2.75) is 52.1 Å². The zero-order valence-electron chi connectivity index (χ0n) is 11.8. The first-order valence-electron chi connectivity index (χ1n) is 7.11. The first kappa shape index (κ1) is 13.9. The number of rotatable bonds is 5. The molecule has 2 rings (SSSR count). The molecule has 0 spiro atoms. The van der Waals surface area contributed by atoms with E-state index < -0.39 is 0 Å². The van der Waals surface area contributed by atoms with Crippen LogP contribution >= 0.6 is 0 Å². The van der Waals surface area contributed by atoms with Crippen molar-refractivity contribution < 1.29 is 4.79 Å². The Labute approximate surface area is 114 Å². The van der Waals surface area contributed by atoms with Gasteiger partial charge in [0, 0.05) is 31.3 Å². The molecule has 1 heterocycles. The monoisotopic (exact) mass is 264 g/mol. The minimum Gasteiger partial charge on any atom is -0.370 e. The van der Waals surface area contributed by atoms with Crippen molar-refractivity contribution in [3.05, 3.63) is 12.3 Å². The summed E-state index contributed by atoms with van der Waals surface area (Å²) in [5, 5.41) is 7.93. The van der Waals surface area contributed by atoms with Crippen LogP contribution in [0.25, 0.3) is 0 Å². The van der Waals surface area contributed by atoms with Crippen LogP contribution in [-0.4, -0.2) is 21.7 Å². The third-order valence-corrected chi connectivity index (χ3v) is 3.76. The highest BCUT2D eigenvalue weighted by atomic mass is 16.1. The number of nitrogens with zero attached hydrogens (tertiary/aromatic N) is 2. The van der Waals surface area contributed by atoms with Crippen molar-refractivity contribution in [1.29, 1.82) is 0 Å². The number of nitrogens with two attached hydrogens (primary N) is 1. The van der Waals surface area contributed by atoms with Gasteiger partial charge in [-0.15, -0.1) is 0 Å². The Bertz CT molecular complexity index is 419. The van der Waals surface area contributed by atoms with E-state index >= 15 is 0 Å². The molecule has 0 unspecified atom stereocenters. The van der Waals surface area contributed by atoms with Gasteiger partial charge in [0.25, 0.3) is 0 Å². The van der Waals surface area contributed by atoms with Gasteiger partial charge in [-0.1, -0.05) is 13.8 Å². The fourth-order valence-corrected chi connectivity index (χ4v) is 3.06. The summed E-state index contributed by atoms with van der Waals surface area (Å²) >= 11 is 0. The Morgan fingerprint density at radius 1 is 1.42 bits per heavy atom. The first-order valence-corrected chi connectivity index (χ1v) is 7.11. The summed E-state index contributed by atoms with van der Waals surface area (Å²) in [5.74, 6) is 2.16. The SMILES string of the molecule is C[C@H]1CC(Nc2ccn(CCC(N)=O)n2)C[C@H](C)C1. The van der Waals surface area contributed by atoms with Crippen LogP contribution in [0, 0.1) is 11.8 Å². The average Bonchev–Trinajstić information content (AvgIpc) is 2.72. The predicted molar refractivity (Wildman–Crippen MR) is 75.6 cm³/mol. The number of amides is 1. The number of carbonyl (C=O) groups is 1. The van der Waals surface area contributed by atoms with Crippen LogP contribution in [0.1, 0.15) is 39.5 Å². The fourth-order valence-electron chi connectivity index (χ4n) is 3.06. The molecule has 5 nitrogen and oxygen atoms in total. The Hall–Kier alpha value is -1.52. The fraction of sp³-hybridized carbons (Fsp3) is 0.714. The van der Waals surface area contributed by atoms with Gasteiger partial charge in [-0.25, -0.2) is 0 Å². The minimum atomic E-state index is -0.292. The molecule has 1 saturated carbocycles. The van der Waals surface area contributed by atoms with E-state index in [0.717, 1.165) is 17.7 Å². The molecule has 0 aromatic carbocycles. The van der Waals surface area contributed by atoms with Crippen molar-refractivity contribution >= 4 is 11.7 Å². The second kappa shape index (κ2) is 6.08. The molecule has 0 bridgehead atoms. The molecular weight excluding hydrogens is 240 g/mol. The minimum absolute atomic E-state index is 0.292. The van der Waals surface area contributed by atoms with E-state index in [0.29, 0.717) is 19.0 Å². The smallest absolute Gasteiger partial charge is 0.219 e. The maximum Gasteiger partial charge on any atom is 0.219 e. The molecule has 5 heteroatoms. The molecule has 106 valence electrons. The largest absolute Gasteiger partial charge is 0.370 e. The van der Waals surface area contributed by atoms with Crippen LogP contribution in [0.4, 0.5) is 5.82 Å². The quantitative estimate of drug-likeness (QED) is 0.854. The van der Waals surface area contributed by atoms with Crippen molar-refractivity contribution in [3.63, 3.8) is 0 Å². The molecule has 19 heavy (non-hydrogen) atoms. The van der Waals surface area contributed by atoms with Crippen molar-refractivity contribution in [2.75, 3.05) is 5.32 Å². The summed E-state index contributed by atoms with van der Waals surface area (Å²) in [5.41, 5.74) is 5.13. The molecule has 1 fully saturated rings. The van der Waals surface area contributed by atoms with Crippen LogP contribution in [-0.2, 0) is 11.3 Å². The molecule has 3 N–H and O–H groups in total. The van der Waals surface area contributed by atoms with Gasteiger partial charge in [-0.2, -0.15) is 5.10 Å². The molecule has 1 aromatic heterocycles. The molecule has 1 amide bonds. The number of carbonyl (C=O) groups excluding carboxylic acids is 1. The Morgan fingerprint density at radius 3 is 2.74 bits per heavy atom. The van der Waals surface area contributed by atoms with Gasteiger partial charge < -0.3 is 11.1 Å². The maximum absolute atomic E-state index is 10.7. The molecule has 1 aliphatic rings. The van der Waals surface area contributed by atoms with E-state index in [1.54, 1.807) is 4.68 Å². The van der Waals surface area contributed by atoms with Gasteiger partial charge in [0.05, 0.1) is 0 Å². The third-order valence-electron chi connectivity index (χ3n) is 3.76. The van der Waals surface area contributed by atoms with E-state index in [4.69, 9.17) is 5.73 Å². The maximum atomic E-state index is 10.7. The lowest BCUT2D eigenvalue weighted by Gasteiger charge is -2.31. The van der Waals surface area contributed by atoms with Crippen LogP contribution < -0.4 is 11.1 Å². The molecule has 2 atom stereocenters. The summed E-state index contributed by atoms with van der Waals surface area (Å²) in [6.45, 7) is 5.18. The number of hydrogen-bond acceptors (Lipinski definition) is 3. The van der Waals surface area contributed by atoms with Crippen LogP contribution in [0.2, 0.25) is 0 Å². The lowest BCUT2D eigenvalue weighted by molar-refractivity contribution is -0.118. The zero-order valence-corrected chi connectivity index (χ0v) is 11.8. The molecule has 0 radical (unpaired) electrons. The molecule has 0 saturated heterocycles. The number of nitrogens with one attached hydrogen (secondary N) is 1. The lowest BCUT2D eigenvalue weighted by atomic mass is 9.80. The number of primary amides is 1. The summed E-state index contributed by atoms with van der Waals surface area (Å²) in [7, 11) is 0. The van der Waals surface area contributed by atoms with Gasteiger partial charge in [-0.3, -0.25) is 9.48 Å². The van der Waals surface area contributed by atoms with E-state index in [1.807, 2.05) is 12.3 Å². The molecular formula is C14H24N4O. The first-order chi connectivity index (χ1) is 9.02. The Balaban J connectivity index is 1.87. The van der Waals surface area contributed by atoms with E-state index in [9.17, 15) is 4.79 Å². The summed E-state index contributed by atoms with van der Waals surface area (Å²) in [4.78, 5) is 10.7. The molecule has 1 aliphatic carbocycles. The topological polar surface area (TPSA) is 72.9 Å². The van der Waals surface area contributed by atoms with Gasteiger partial charge in [0.15, 0.2) is 0 Å². The van der Waals surface area contributed by atoms with Gasteiger partial charge in [0.1, 0.15) is 5.82 Å². The summed E-state index contributed by atoms with van der Waals surface area (Å²) < 4.78 is 1.77. The van der Waals surface area contributed by atoms with Gasteiger partial charge in [0.2, 0.25) is 5.91 Å². The normalized spacial score (nSPS) is 27.2. The highest BCUT2D eigenvalue weighted by molar-refractivity contribution is 5.73. The predicted octanol–water partition coefficient (Wildman–Crippen LogP) is 2.00. The van der Waals surface area contributed by atoms with Gasteiger partial charge >= 0.3 is 0 Å². The summed E-state index contributed by atoms with van der Waals surface area (Å²) in [6, 6.07) is 2.48. The summed E-state index contributed by atoms with van der Waals surface area (Å²) in [6.07, 6.45) is 5.96.